The monoisotopic (exact) mass is 570 g/mol. The molecule has 34 heavy (non-hydrogen) atoms. The number of hydrogen-bond acceptors (Lipinski definition) is 7. The minimum absolute atomic E-state index is 0.709. The Hall–Kier alpha value is -0.503. The molecule has 206 valence electrons. The molecule has 9 nitrogen and oxygen atoms in total. The van der Waals surface area contributed by atoms with Gasteiger partial charge in [0.2, 0.25) is 0 Å². The van der Waals surface area contributed by atoms with Crippen LogP contribution < -0.4 is 0 Å². The van der Waals surface area contributed by atoms with E-state index in [1.807, 2.05) is 0 Å². The van der Waals surface area contributed by atoms with Crippen LogP contribution >= 0.6 is 0 Å². The van der Waals surface area contributed by atoms with Gasteiger partial charge in [-0.3, -0.25) is 0 Å². The topological polar surface area (TPSA) is 110 Å². The van der Waals surface area contributed by atoms with E-state index in [1.165, 1.54) is 32.2 Å². The molecule has 1 aliphatic rings. The average molecular weight is 571 g/mol. The minimum Gasteiger partial charge on any atom is -0.421 e. The van der Waals surface area contributed by atoms with Crippen LogP contribution in [0.5, 0.6) is 0 Å². The number of sulfonamides is 2. The Morgan fingerprint density at radius 1 is 0.912 bits per heavy atom. The van der Waals surface area contributed by atoms with E-state index >= 15 is 0 Å². The van der Waals surface area contributed by atoms with Gasteiger partial charge in [0.25, 0.3) is 0 Å². The van der Waals surface area contributed by atoms with E-state index in [9.17, 15) is 43.2 Å². The predicted molar refractivity (Wildman–Crippen MR) is 113 cm³/mol. The average Bonchev–Trinajstić information content (AvgIpc) is 2.66. The highest BCUT2D eigenvalue weighted by molar-refractivity contribution is 8.13. The van der Waals surface area contributed by atoms with Crippen LogP contribution in [-0.4, -0.2) is 88.3 Å². The largest absolute Gasteiger partial charge is 0.558 e. The van der Waals surface area contributed by atoms with Crippen molar-refractivity contribution >= 4 is 28.9 Å². The molecule has 0 aromatic heterocycles. The van der Waals surface area contributed by atoms with Crippen molar-refractivity contribution in [3.8, 4) is 0 Å². The summed E-state index contributed by atoms with van der Waals surface area (Å²) >= 11 is 0. The van der Waals surface area contributed by atoms with Crippen molar-refractivity contribution < 1.29 is 60.9 Å². The van der Waals surface area contributed by atoms with Crippen molar-refractivity contribution in [2.45, 2.75) is 56.6 Å². The lowest BCUT2D eigenvalue weighted by Crippen LogP contribution is -2.65. The molecule has 0 N–H and O–H groups in total. The van der Waals surface area contributed by atoms with Crippen LogP contribution in [0.15, 0.2) is 0 Å². The first-order chi connectivity index (χ1) is 15.1. The molecule has 1 saturated heterocycles. The van der Waals surface area contributed by atoms with E-state index in [0.717, 1.165) is 20.7 Å². The summed E-state index contributed by atoms with van der Waals surface area (Å²) < 4.78 is 127. The Bertz CT molecular complexity index is 799. The number of alkyl halides is 6. The highest BCUT2D eigenvalue weighted by Gasteiger charge is 2.50. The molecule has 2 unspecified atom stereocenters. The van der Waals surface area contributed by atoms with Crippen molar-refractivity contribution in [2.75, 3.05) is 41.1 Å². The molecule has 0 amide bonds. The lowest BCUT2D eigenvalue weighted by Gasteiger charge is -2.47. The minimum atomic E-state index is -6.72. The van der Waals surface area contributed by atoms with E-state index in [2.05, 4.69) is 20.9 Å². The highest BCUT2D eigenvalue weighted by Crippen LogP contribution is 2.36. The zero-order valence-electron chi connectivity index (χ0n) is 19.7. The number of halogens is 6. The Morgan fingerprint density at radius 3 is 1.65 bits per heavy atom. The third kappa shape index (κ3) is 9.18. The molecule has 18 heteroatoms. The summed E-state index contributed by atoms with van der Waals surface area (Å²) in [6, 6.07) is 0.709. The van der Waals surface area contributed by atoms with Gasteiger partial charge in [0.15, 0.2) is 20.0 Å². The van der Waals surface area contributed by atoms with Crippen LogP contribution in [0.25, 0.3) is 4.13 Å². The first-order valence-corrected chi connectivity index (χ1v) is 14.8. The summed E-state index contributed by atoms with van der Waals surface area (Å²) in [6.45, 7) is 5.83. The van der Waals surface area contributed by atoms with Crippen LogP contribution in [0, 0.1) is 5.92 Å². The maximum atomic E-state index is 11.4. The fraction of sp³-hybridized carbons (Fsp3) is 1.00. The van der Waals surface area contributed by atoms with E-state index < -0.39 is 39.9 Å². The van der Waals surface area contributed by atoms with Gasteiger partial charge in [-0.15, -0.1) is 0 Å². The lowest BCUT2D eigenvalue weighted by atomic mass is 9.92. The number of nitrogens with zero attached hydrogens (tertiary/aromatic N) is 2. The van der Waals surface area contributed by atoms with Gasteiger partial charge in [-0.05, 0) is 25.2 Å². The molecule has 0 spiro atoms. The molecule has 1 heterocycles. The highest BCUT2D eigenvalue weighted by atomic mass is 32.3. The van der Waals surface area contributed by atoms with Crippen LogP contribution in [-0.2, 0) is 33.3 Å². The van der Waals surface area contributed by atoms with Gasteiger partial charge in [-0.1, -0.05) is 13.8 Å². The van der Waals surface area contributed by atoms with Crippen molar-refractivity contribution in [1.29, 1.82) is 0 Å². The van der Waals surface area contributed by atoms with E-state index in [1.54, 1.807) is 21.3 Å². The van der Waals surface area contributed by atoms with Crippen molar-refractivity contribution in [3.05, 3.63) is 4.13 Å². The van der Waals surface area contributed by atoms with Crippen LogP contribution in [0.1, 0.15) is 39.5 Å². The summed E-state index contributed by atoms with van der Waals surface area (Å²) in [5.74, 6) is 0.740. The predicted octanol–water partition coefficient (Wildman–Crippen LogP) is 3.51. The number of quaternary nitrogens is 1. The molecule has 0 radical (unpaired) electrons. The molecular weight excluding hydrogens is 538 g/mol. The van der Waals surface area contributed by atoms with Crippen LogP contribution in [0.2, 0.25) is 0 Å². The summed E-state index contributed by atoms with van der Waals surface area (Å²) in [5.41, 5.74) is -12.4. The van der Waals surface area contributed by atoms with Gasteiger partial charge in [0, 0.05) is 27.8 Å². The first kappa shape index (κ1) is 33.5. The molecule has 0 aromatic rings. The van der Waals surface area contributed by atoms with E-state index in [-0.39, 0.29) is 0 Å². The molecule has 1 fully saturated rings. The quantitative estimate of drug-likeness (QED) is 0.237. The Balaban J connectivity index is 0.000000661. The summed E-state index contributed by atoms with van der Waals surface area (Å²) in [4.78, 5) is 0. The van der Waals surface area contributed by atoms with Gasteiger partial charge in [0.1, 0.15) is 6.17 Å². The van der Waals surface area contributed by atoms with E-state index in [4.69, 9.17) is 13.3 Å². The number of hydrogen-bond donors (Lipinski definition) is 0. The van der Waals surface area contributed by atoms with Gasteiger partial charge < -0.3 is 21.9 Å². The molecule has 2 atom stereocenters. The zero-order valence-corrected chi connectivity index (χ0v) is 22.4. The number of rotatable bonds is 9. The van der Waals surface area contributed by atoms with Gasteiger partial charge in [-0.25, -0.2) is 16.8 Å². The van der Waals surface area contributed by atoms with E-state index in [0.29, 0.717) is 6.04 Å². The van der Waals surface area contributed by atoms with Gasteiger partial charge in [0.05, 0.1) is 19.6 Å². The second kappa shape index (κ2) is 12.2. The second-order valence-corrected chi connectivity index (χ2v) is 14.7. The molecule has 0 aliphatic carbocycles. The maximum absolute atomic E-state index is 11.4. The number of piperidine rings is 1. The fourth-order valence-corrected chi connectivity index (χ4v) is 7.47. The third-order valence-corrected chi connectivity index (χ3v) is 11.1. The third-order valence-electron chi connectivity index (χ3n) is 5.35. The van der Waals surface area contributed by atoms with Gasteiger partial charge in [-0.2, -0.15) is 26.3 Å². The smallest absolute Gasteiger partial charge is 0.421 e. The SMILES string of the molecule is CO[Si](C[N+]1(C)CCCCC1CC(C)C)(OC)OC.O=S(=O)([N-]S(=O)(=O)C(F)(F)F)C(F)(F)F. The summed E-state index contributed by atoms with van der Waals surface area (Å²) in [6.07, 6.45) is 6.13. The first-order valence-electron chi connectivity index (χ1n) is 9.98. The van der Waals surface area contributed by atoms with Crippen molar-refractivity contribution in [2.24, 2.45) is 5.92 Å². The molecule has 0 bridgehead atoms. The normalized spacial score (nSPS) is 22.9. The molecule has 1 rings (SSSR count). The molecule has 0 saturated carbocycles. The standard InChI is InChI=1S/C14H32NO3Si.C2F6NO4S2/c1-13(2)11-14-9-7-8-10-15(14,3)12-19(16-4,17-5)18-6;3-1(4,5)14(10,11)9-15(12,13)2(6,7)8/h13-14H,7-12H2,1-6H3;/q+1;-1. The Labute approximate surface area is 197 Å². The zero-order chi connectivity index (χ0) is 27.2. The molecule has 1 aliphatic heterocycles. The molecular formula is C16H32F6N2O7S2Si. The van der Waals surface area contributed by atoms with Crippen molar-refractivity contribution in [1.82, 2.24) is 0 Å². The van der Waals surface area contributed by atoms with Crippen molar-refractivity contribution in [3.63, 3.8) is 0 Å². The maximum Gasteiger partial charge on any atom is 0.558 e. The molecule has 0 aromatic carbocycles. The number of likely N-dealkylation sites (tertiary alicyclic amines) is 1. The lowest BCUT2D eigenvalue weighted by molar-refractivity contribution is -0.932. The Morgan fingerprint density at radius 2 is 1.32 bits per heavy atom. The fourth-order valence-electron chi connectivity index (χ4n) is 3.57. The summed E-state index contributed by atoms with van der Waals surface area (Å²) in [7, 11) is -8.44. The van der Waals surface area contributed by atoms with Crippen LogP contribution in [0.4, 0.5) is 26.3 Å². The Kier molecular flexibility index (Phi) is 12.0. The van der Waals surface area contributed by atoms with Crippen LogP contribution in [0.3, 0.4) is 0 Å². The summed E-state index contributed by atoms with van der Waals surface area (Å²) in [5, 5.41) is 0. The second-order valence-electron chi connectivity index (χ2n) is 8.35. The van der Waals surface area contributed by atoms with Gasteiger partial charge >= 0.3 is 19.8 Å².